The van der Waals surface area contributed by atoms with Gasteiger partial charge in [0, 0.05) is 0 Å². The Balaban J connectivity index is 2.24. The molecule has 0 aliphatic heterocycles. The molecule has 3 aromatic rings. The molecule has 0 saturated heterocycles. The highest BCUT2D eigenvalue weighted by atomic mass is 19.1. The SMILES string of the molecule is Cc1ccccc1-n1cncc1-c1c(F)cccc1F. The Bertz CT molecular complexity index is 742. The van der Waals surface area contributed by atoms with E-state index in [9.17, 15) is 8.78 Å². The highest BCUT2D eigenvalue weighted by molar-refractivity contribution is 5.64. The van der Waals surface area contributed by atoms with Crippen LogP contribution in [0.1, 0.15) is 5.56 Å². The summed E-state index contributed by atoms with van der Waals surface area (Å²) in [6.45, 7) is 1.94. The summed E-state index contributed by atoms with van der Waals surface area (Å²) in [5, 5.41) is 0. The molecule has 1 heterocycles. The Morgan fingerprint density at radius 2 is 1.65 bits per heavy atom. The zero-order valence-electron chi connectivity index (χ0n) is 10.8. The van der Waals surface area contributed by atoms with Crippen molar-refractivity contribution in [3.05, 3.63) is 72.2 Å². The Hall–Kier alpha value is -2.49. The number of aryl methyl sites for hydroxylation is 1. The lowest BCUT2D eigenvalue weighted by atomic mass is 10.1. The summed E-state index contributed by atoms with van der Waals surface area (Å²) in [5.41, 5.74) is 2.19. The van der Waals surface area contributed by atoms with Crippen molar-refractivity contribution in [2.75, 3.05) is 0 Å². The standard InChI is InChI=1S/C16H12F2N2/c1-11-5-2-3-8-14(11)20-10-19-9-15(20)16-12(17)6-4-7-13(16)18/h2-10H,1H3. The largest absolute Gasteiger partial charge is 0.298 e. The van der Waals surface area contributed by atoms with Gasteiger partial charge in [0.25, 0.3) is 0 Å². The van der Waals surface area contributed by atoms with E-state index in [0.29, 0.717) is 5.69 Å². The van der Waals surface area contributed by atoms with Crippen molar-refractivity contribution in [1.82, 2.24) is 9.55 Å². The van der Waals surface area contributed by atoms with Crippen LogP contribution in [0.3, 0.4) is 0 Å². The zero-order valence-corrected chi connectivity index (χ0v) is 10.8. The Morgan fingerprint density at radius 3 is 2.35 bits per heavy atom. The third-order valence-corrected chi connectivity index (χ3v) is 3.23. The highest BCUT2D eigenvalue weighted by Gasteiger charge is 2.16. The lowest BCUT2D eigenvalue weighted by Crippen LogP contribution is -2.00. The second kappa shape index (κ2) is 4.89. The van der Waals surface area contributed by atoms with Gasteiger partial charge in [0.15, 0.2) is 0 Å². The first-order valence-electron chi connectivity index (χ1n) is 6.21. The Kier molecular flexibility index (Phi) is 3.06. The molecule has 2 aromatic carbocycles. The molecule has 0 radical (unpaired) electrons. The molecule has 0 atom stereocenters. The summed E-state index contributed by atoms with van der Waals surface area (Å²) in [5.74, 6) is -1.19. The number of imidazole rings is 1. The lowest BCUT2D eigenvalue weighted by Gasteiger charge is -2.12. The molecule has 1 aromatic heterocycles. The van der Waals surface area contributed by atoms with Crippen LogP contribution < -0.4 is 0 Å². The fraction of sp³-hybridized carbons (Fsp3) is 0.0625. The van der Waals surface area contributed by atoms with E-state index in [1.165, 1.54) is 24.4 Å². The van der Waals surface area contributed by atoms with E-state index in [4.69, 9.17) is 0 Å². The van der Waals surface area contributed by atoms with E-state index in [-0.39, 0.29) is 5.56 Å². The van der Waals surface area contributed by atoms with Crippen molar-refractivity contribution in [1.29, 1.82) is 0 Å². The maximum Gasteiger partial charge on any atom is 0.135 e. The molecule has 0 aliphatic rings. The quantitative estimate of drug-likeness (QED) is 0.684. The molecular weight excluding hydrogens is 258 g/mol. The van der Waals surface area contributed by atoms with Crippen LogP contribution in [0.2, 0.25) is 0 Å². The van der Waals surface area contributed by atoms with Crippen molar-refractivity contribution >= 4 is 0 Å². The summed E-state index contributed by atoms with van der Waals surface area (Å²) in [4.78, 5) is 4.03. The average molecular weight is 270 g/mol. The predicted octanol–water partition coefficient (Wildman–Crippen LogP) is 4.13. The minimum Gasteiger partial charge on any atom is -0.298 e. The van der Waals surface area contributed by atoms with Crippen LogP contribution in [-0.4, -0.2) is 9.55 Å². The molecule has 0 unspecified atom stereocenters. The van der Waals surface area contributed by atoms with Crippen molar-refractivity contribution in [3.8, 4) is 16.9 Å². The number of hydrogen-bond donors (Lipinski definition) is 0. The molecule has 0 spiro atoms. The van der Waals surface area contributed by atoms with Crippen LogP contribution in [0.25, 0.3) is 16.9 Å². The molecule has 3 rings (SSSR count). The van der Waals surface area contributed by atoms with Gasteiger partial charge in [0.05, 0.1) is 29.5 Å². The second-order valence-electron chi connectivity index (χ2n) is 4.53. The Morgan fingerprint density at radius 1 is 0.950 bits per heavy atom. The smallest absolute Gasteiger partial charge is 0.135 e. The van der Waals surface area contributed by atoms with Crippen molar-refractivity contribution in [2.24, 2.45) is 0 Å². The summed E-state index contributed by atoms with van der Waals surface area (Å²) in [7, 11) is 0. The zero-order chi connectivity index (χ0) is 14.1. The van der Waals surface area contributed by atoms with Crippen LogP contribution in [0.5, 0.6) is 0 Å². The lowest BCUT2D eigenvalue weighted by molar-refractivity contribution is 0.588. The van der Waals surface area contributed by atoms with Crippen LogP contribution in [0, 0.1) is 18.6 Å². The maximum atomic E-state index is 13.9. The van der Waals surface area contributed by atoms with Gasteiger partial charge in [-0.05, 0) is 30.7 Å². The van der Waals surface area contributed by atoms with Gasteiger partial charge in [0.1, 0.15) is 11.6 Å². The third-order valence-electron chi connectivity index (χ3n) is 3.23. The van der Waals surface area contributed by atoms with E-state index in [1.54, 1.807) is 10.9 Å². The fourth-order valence-corrected chi connectivity index (χ4v) is 2.25. The number of aromatic nitrogens is 2. The molecule has 0 saturated carbocycles. The highest BCUT2D eigenvalue weighted by Crippen LogP contribution is 2.28. The van der Waals surface area contributed by atoms with Gasteiger partial charge < -0.3 is 0 Å². The summed E-state index contributed by atoms with van der Waals surface area (Å²) >= 11 is 0. The molecule has 100 valence electrons. The first-order chi connectivity index (χ1) is 9.68. The molecule has 0 aliphatic carbocycles. The number of benzene rings is 2. The van der Waals surface area contributed by atoms with Gasteiger partial charge in [-0.25, -0.2) is 13.8 Å². The number of halogens is 2. The first-order valence-corrected chi connectivity index (χ1v) is 6.21. The first kappa shape index (κ1) is 12.5. The Labute approximate surface area is 115 Å². The minimum absolute atomic E-state index is 0.0618. The summed E-state index contributed by atoms with van der Waals surface area (Å²) in [6, 6.07) is 11.5. The second-order valence-corrected chi connectivity index (χ2v) is 4.53. The monoisotopic (exact) mass is 270 g/mol. The topological polar surface area (TPSA) is 17.8 Å². The van der Waals surface area contributed by atoms with Gasteiger partial charge in [-0.1, -0.05) is 24.3 Å². The molecule has 0 N–H and O–H groups in total. The number of nitrogens with zero attached hydrogens (tertiary/aromatic N) is 2. The summed E-state index contributed by atoms with van der Waals surface area (Å²) in [6.07, 6.45) is 3.03. The molecular formula is C16H12F2N2. The van der Waals surface area contributed by atoms with Crippen LogP contribution in [0.4, 0.5) is 8.78 Å². The van der Waals surface area contributed by atoms with Crippen LogP contribution in [-0.2, 0) is 0 Å². The van der Waals surface area contributed by atoms with Crippen LogP contribution >= 0.6 is 0 Å². The molecule has 20 heavy (non-hydrogen) atoms. The van der Waals surface area contributed by atoms with Crippen molar-refractivity contribution in [3.63, 3.8) is 0 Å². The van der Waals surface area contributed by atoms with E-state index >= 15 is 0 Å². The number of hydrogen-bond acceptors (Lipinski definition) is 1. The maximum absolute atomic E-state index is 13.9. The molecule has 0 fully saturated rings. The van der Waals surface area contributed by atoms with Crippen molar-refractivity contribution in [2.45, 2.75) is 6.92 Å². The van der Waals surface area contributed by atoms with Crippen molar-refractivity contribution < 1.29 is 8.78 Å². The van der Waals surface area contributed by atoms with E-state index in [2.05, 4.69) is 4.98 Å². The van der Waals surface area contributed by atoms with Gasteiger partial charge >= 0.3 is 0 Å². The molecule has 0 amide bonds. The number of rotatable bonds is 2. The summed E-state index contributed by atoms with van der Waals surface area (Å²) < 4.78 is 29.5. The van der Waals surface area contributed by atoms with E-state index < -0.39 is 11.6 Å². The average Bonchev–Trinajstić information content (AvgIpc) is 2.88. The van der Waals surface area contributed by atoms with Crippen LogP contribution in [0.15, 0.2) is 55.0 Å². The third kappa shape index (κ3) is 1.99. The normalized spacial score (nSPS) is 10.8. The minimum atomic E-state index is -0.597. The van der Waals surface area contributed by atoms with E-state index in [0.717, 1.165) is 11.3 Å². The fourth-order valence-electron chi connectivity index (χ4n) is 2.25. The molecule has 4 heteroatoms. The van der Waals surface area contributed by atoms with Gasteiger partial charge in [0.2, 0.25) is 0 Å². The van der Waals surface area contributed by atoms with E-state index in [1.807, 2.05) is 31.2 Å². The molecule has 2 nitrogen and oxygen atoms in total. The number of para-hydroxylation sites is 1. The van der Waals surface area contributed by atoms with Gasteiger partial charge in [-0.3, -0.25) is 4.57 Å². The molecule has 0 bridgehead atoms. The van der Waals surface area contributed by atoms with Gasteiger partial charge in [-0.2, -0.15) is 0 Å². The predicted molar refractivity (Wildman–Crippen MR) is 73.7 cm³/mol. The van der Waals surface area contributed by atoms with Gasteiger partial charge in [-0.15, -0.1) is 0 Å².